The van der Waals surface area contributed by atoms with E-state index in [0.29, 0.717) is 27.1 Å². The standard InChI is InChI=1S/C20H16ClN5O3S/c1-29-16-8-7-13(11-15(16)21)23-17(27)12-26-20(28)25-10-9-22-19(18(25)24-26)30-14-5-3-2-4-6-14/h2-11H,12H2,1H3,(H,23,27). The van der Waals surface area contributed by atoms with Crippen LogP contribution in [0, 0.1) is 0 Å². The lowest BCUT2D eigenvalue weighted by Gasteiger charge is -2.07. The van der Waals surface area contributed by atoms with Gasteiger partial charge in [-0.15, -0.1) is 5.10 Å². The normalized spacial score (nSPS) is 10.9. The zero-order chi connectivity index (χ0) is 21.1. The smallest absolute Gasteiger partial charge is 0.350 e. The van der Waals surface area contributed by atoms with Crippen molar-refractivity contribution in [3.8, 4) is 5.75 Å². The molecule has 0 radical (unpaired) electrons. The summed E-state index contributed by atoms with van der Waals surface area (Å²) in [5.41, 5.74) is 0.450. The minimum Gasteiger partial charge on any atom is -0.495 e. The molecule has 0 atom stereocenters. The molecule has 1 N–H and O–H groups in total. The second-order valence-electron chi connectivity index (χ2n) is 6.18. The lowest BCUT2D eigenvalue weighted by atomic mass is 10.3. The molecular formula is C20H16ClN5O3S. The summed E-state index contributed by atoms with van der Waals surface area (Å²) < 4.78 is 7.57. The van der Waals surface area contributed by atoms with Crippen LogP contribution < -0.4 is 15.7 Å². The molecule has 2 aromatic heterocycles. The number of amides is 1. The Balaban J connectivity index is 1.56. The topological polar surface area (TPSA) is 90.5 Å². The van der Waals surface area contributed by atoms with Crippen LogP contribution in [0.5, 0.6) is 5.75 Å². The Labute approximate surface area is 180 Å². The fourth-order valence-electron chi connectivity index (χ4n) is 2.78. The van der Waals surface area contributed by atoms with Gasteiger partial charge >= 0.3 is 5.69 Å². The first-order chi connectivity index (χ1) is 14.5. The van der Waals surface area contributed by atoms with Crippen LogP contribution in [0.3, 0.4) is 0 Å². The SMILES string of the molecule is COc1ccc(NC(=O)Cn2nc3c(Sc4ccccc4)nccn3c2=O)cc1Cl. The molecule has 0 saturated carbocycles. The van der Waals surface area contributed by atoms with Crippen LogP contribution in [-0.2, 0) is 11.3 Å². The predicted molar refractivity (Wildman–Crippen MR) is 114 cm³/mol. The number of hydrogen-bond acceptors (Lipinski definition) is 6. The van der Waals surface area contributed by atoms with Gasteiger partial charge in [0, 0.05) is 23.0 Å². The van der Waals surface area contributed by atoms with Gasteiger partial charge in [0.2, 0.25) is 5.91 Å². The van der Waals surface area contributed by atoms with E-state index < -0.39 is 11.6 Å². The average molecular weight is 442 g/mol. The van der Waals surface area contributed by atoms with E-state index in [4.69, 9.17) is 16.3 Å². The third kappa shape index (κ3) is 4.17. The highest BCUT2D eigenvalue weighted by atomic mass is 35.5. The van der Waals surface area contributed by atoms with Gasteiger partial charge in [0.1, 0.15) is 17.3 Å². The van der Waals surface area contributed by atoms with E-state index >= 15 is 0 Å². The van der Waals surface area contributed by atoms with Crippen LogP contribution in [0.15, 0.2) is 75.6 Å². The molecule has 4 rings (SSSR count). The summed E-state index contributed by atoms with van der Waals surface area (Å²) in [6, 6.07) is 14.5. The Morgan fingerprint density at radius 2 is 2.03 bits per heavy atom. The summed E-state index contributed by atoms with van der Waals surface area (Å²) in [5, 5.41) is 7.95. The van der Waals surface area contributed by atoms with Crippen molar-refractivity contribution >= 4 is 40.6 Å². The molecular weight excluding hydrogens is 426 g/mol. The number of hydrogen-bond donors (Lipinski definition) is 1. The third-order valence-corrected chi connectivity index (χ3v) is 5.44. The van der Waals surface area contributed by atoms with Crippen molar-refractivity contribution in [2.75, 3.05) is 12.4 Å². The molecule has 2 aromatic carbocycles. The Hall–Kier alpha value is -3.30. The fraction of sp³-hybridized carbons (Fsp3) is 0.100. The number of aromatic nitrogens is 4. The highest BCUT2D eigenvalue weighted by molar-refractivity contribution is 7.99. The predicted octanol–water partition coefficient (Wildman–Crippen LogP) is 3.34. The number of carbonyl (C=O) groups is 1. The number of benzene rings is 2. The van der Waals surface area contributed by atoms with Gasteiger partial charge in [0.15, 0.2) is 5.65 Å². The van der Waals surface area contributed by atoms with Gasteiger partial charge in [0.05, 0.1) is 12.1 Å². The van der Waals surface area contributed by atoms with Crippen LogP contribution in [0.4, 0.5) is 5.69 Å². The van der Waals surface area contributed by atoms with Gasteiger partial charge in [0.25, 0.3) is 0 Å². The molecule has 0 fully saturated rings. The van der Waals surface area contributed by atoms with Crippen molar-refractivity contribution in [2.45, 2.75) is 16.5 Å². The summed E-state index contributed by atoms with van der Waals surface area (Å²) in [4.78, 5) is 30.4. The summed E-state index contributed by atoms with van der Waals surface area (Å²) in [5.74, 6) is 0.0918. The van der Waals surface area contributed by atoms with Crippen LogP contribution >= 0.6 is 23.4 Å². The summed E-state index contributed by atoms with van der Waals surface area (Å²) >= 11 is 7.47. The molecule has 10 heteroatoms. The summed E-state index contributed by atoms with van der Waals surface area (Å²) in [6.45, 7) is -0.250. The third-order valence-electron chi connectivity index (χ3n) is 4.16. The van der Waals surface area contributed by atoms with E-state index in [2.05, 4.69) is 15.4 Å². The molecule has 152 valence electrons. The maximum absolute atomic E-state index is 12.7. The van der Waals surface area contributed by atoms with Crippen LogP contribution in [0.1, 0.15) is 0 Å². The van der Waals surface area contributed by atoms with Gasteiger partial charge in [-0.1, -0.05) is 41.6 Å². The molecule has 4 aromatic rings. The van der Waals surface area contributed by atoms with Crippen LogP contribution in [0.2, 0.25) is 5.02 Å². The number of ether oxygens (including phenoxy) is 1. The van der Waals surface area contributed by atoms with Gasteiger partial charge in [-0.25, -0.2) is 18.9 Å². The lowest BCUT2D eigenvalue weighted by Crippen LogP contribution is -2.28. The van der Waals surface area contributed by atoms with Crippen molar-refractivity contribution in [2.24, 2.45) is 0 Å². The first kappa shape index (κ1) is 20.0. The largest absolute Gasteiger partial charge is 0.495 e. The average Bonchev–Trinajstić information content (AvgIpc) is 3.05. The molecule has 1 amide bonds. The molecule has 30 heavy (non-hydrogen) atoms. The van der Waals surface area contributed by atoms with E-state index in [1.54, 1.807) is 18.2 Å². The highest BCUT2D eigenvalue weighted by Gasteiger charge is 2.15. The summed E-state index contributed by atoms with van der Waals surface area (Å²) in [7, 11) is 1.51. The van der Waals surface area contributed by atoms with Crippen molar-refractivity contribution in [3.63, 3.8) is 0 Å². The van der Waals surface area contributed by atoms with Crippen molar-refractivity contribution in [1.29, 1.82) is 0 Å². The van der Waals surface area contributed by atoms with E-state index in [1.807, 2.05) is 30.3 Å². The van der Waals surface area contributed by atoms with E-state index in [0.717, 1.165) is 9.58 Å². The van der Waals surface area contributed by atoms with E-state index in [-0.39, 0.29) is 6.54 Å². The zero-order valence-corrected chi connectivity index (χ0v) is 17.4. The van der Waals surface area contributed by atoms with Gasteiger partial charge in [-0.2, -0.15) is 0 Å². The first-order valence-corrected chi connectivity index (χ1v) is 10.0. The molecule has 0 aliphatic heterocycles. The second kappa shape index (κ2) is 8.60. The Morgan fingerprint density at radius 3 is 2.77 bits per heavy atom. The van der Waals surface area contributed by atoms with E-state index in [9.17, 15) is 9.59 Å². The van der Waals surface area contributed by atoms with Crippen molar-refractivity contribution < 1.29 is 9.53 Å². The first-order valence-electron chi connectivity index (χ1n) is 8.85. The number of fused-ring (bicyclic) bond motifs is 1. The molecule has 8 nitrogen and oxygen atoms in total. The van der Waals surface area contributed by atoms with E-state index in [1.165, 1.54) is 35.7 Å². The monoisotopic (exact) mass is 441 g/mol. The zero-order valence-electron chi connectivity index (χ0n) is 15.8. The lowest BCUT2D eigenvalue weighted by molar-refractivity contribution is -0.117. The van der Waals surface area contributed by atoms with Crippen LogP contribution in [0.25, 0.3) is 5.65 Å². The quantitative estimate of drug-likeness (QED) is 0.493. The number of nitrogens with one attached hydrogen (secondary N) is 1. The Bertz CT molecular complexity index is 1270. The highest BCUT2D eigenvalue weighted by Crippen LogP contribution is 2.28. The maximum atomic E-state index is 12.7. The number of methoxy groups -OCH3 is 1. The number of nitrogens with zero attached hydrogens (tertiary/aromatic N) is 4. The molecule has 0 aliphatic rings. The molecule has 0 saturated heterocycles. The maximum Gasteiger partial charge on any atom is 0.350 e. The number of anilines is 1. The van der Waals surface area contributed by atoms with Gasteiger partial charge in [-0.3, -0.25) is 4.79 Å². The molecule has 2 heterocycles. The minimum absolute atomic E-state index is 0.250. The summed E-state index contributed by atoms with van der Waals surface area (Å²) in [6.07, 6.45) is 3.06. The fourth-order valence-corrected chi connectivity index (χ4v) is 3.90. The Kier molecular flexibility index (Phi) is 5.73. The molecule has 0 unspecified atom stereocenters. The van der Waals surface area contributed by atoms with Crippen molar-refractivity contribution in [1.82, 2.24) is 19.2 Å². The van der Waals surface area contributed by atoms with Gasteiger partial charge < -0.3 is 10.1 Å². The number of rotatable bonds is 6. The number of carbonyl (C=O) groups excluding carboxylic acids is 1. The second-order valence-corrected chi connectivity index (χ2v) is 7.65. The van der Waals surface area contributed by atoms with Gasteiger partial charge in [-0.05, 0) is 30.3 Å². The number of halogens is 1. The Morgan fingerprint density at radius 1 is 1.23 bits per heavy atom. The minimum atomic E-state index is -0.426. The molecule has 0 spiro atoms. The van der Waals surface area contributed by atoms with Crippen LogP contribution in [-0.4, -0.2) is 32.2 Å². The molecule has 0 aliphatic carbocycles. The molecule has 0 bridgehead atoms. The van der Waals surface area contributed by atoms with Crippen molar-refractivity contribution in [3.05, 3.63) is 76.4 Å².